The van der Waals surface area contributed by atoms with Crippen LogP contribution in [0.4, 0.5) is 5.82 Å². The Morgan fingerprint density at radius 3 is 2.95 bits per heavy atom. The lowest BCUT2D eigenvalue weighted by Crippen LogP contribution is -2.04. The van der Waals surface area contributed by atoms with Crippen molar-refractivity contribution in [1.29, 1.82) is 0 Å². The number of nitrogens with one attached hydrogen (secondary N) is 1. The van der Waals surface area contributed by atoms with Gasteiger partial charge in [0.1, 0.15) is 6.33 Å². The van der Waals surface area contributed by atoms with Crippen molar-refractivity contribution in [2.24, 2.45) is 0 Å². The molecule has 0 saturated heterocycles. The van der Waals surface area contributed by atoms with Gasteiger partial charge < -0.3 is 5.32 Å². The van der Waals surface area contributed by atoms with Crippen LogP contribution in [-0.4, -0.2) is 29.9 Å². The van der Waals surface area contributed by atoms with E-state index in [1.807, 2.05) is 25.1 Å². The number of hydrogen-bond donors (Lipinski definition) is 1. The largest absolute Gasteiger partial charge is 0.362 e. The van der Waals surface area contributed by atoms with Crippen LogP contribution in [0.25, 0.3) is 11.2 Å². The first-order chi connectivity index (χ1) is 9.38. The average molecular weight is 255 g/mol. The van der Waals surface area contributed by atoms with Crippen molar-refractivity contribution in [2.75, 3.05) is 5.32 Å². The Bertz CT molecular complexity index is 677. The Labute approximate surface area is 109 Å². The highest BCUT2D eigenvalue weighted by atomic mass is 15.4. The molecule has 3 aromatic heterocycles. The van der Waals surface area contributed by atoms with E-state index in [4.69, 9.17) is 0 Å². The predicted molar refractivity (Wildman–Crippen MR) is 70.4 cm³/mol. The van der Waals surface area contributed by atoms with Crippen LogP contribution in [-0.2, 0) is 13.1 Å². The molecule has 0 fully saturated rings. The van der Waals surface area contributed by atoms with Gasteiger partial charge in [0, 0.05) is 12.7 Å². The Kier molecular flexibility index (Phi) is 3.01. The molecule has 0 aliphatic heterocycles. The average Bonchev–Trinajstić information content (AvgIpc) is 2.90. The lowest BCUT2D eigenvalue weighted by Gasteiger charge is -2.04. The molecule has 0 unspecified atom stereocenters. The van der Waals surface area contributed by atoms with Crippen LogP contribution in [0.2, 0.25) is 0 Å². The fraction of sp³-hybridized carbons (Fsp3) is 0.250. The number of pyridine rings is 1. The molecule has 96 valence electrons. The zero-order valence-electron chi connectivity index (χ0n) is 10.5. The number of aromatic nitrogens is 6. The van der Waals surface area contributed by atoms with Crippen LogP contribution in [0.3, 0.4) is 0 Å². The highest BCUT2D eigenvalue weighted by Gasteiger charge is 2.10. The fourth-order valence-electron chi connectivity index (χ4n) is 1.81. The molecule has 0 spiro atoms. The van der Waals surface area contributed by atoms with E-state index in [-0.39, 0.29) is 0 Å². The maximum Gasteiger partial charge on any atom is 0.183 e. The monoisotopic (exact) mass is 255 g/mol. The van der Waals surface area contributed by atoms with E-state index < -0.39 is 0 Å². The summed E-state index contributed by atoms with van der Waals surface area (Å²) in [7, 11) is 0. The number of anilines is 1. The molecule has 0 aliphatic carbocycles. The third-order valence-corrected chi connectivity index (χ3v) is 2.76. The van der Waals surface area contributed by atoms with Crippen molar-refractivity contribution in [3.05, 3.63) is 36.4 Å². The van der Waals surface area contributed by atoms with Gasteiger partial charge in [0.15, 0.2) is 17.0 Å². The zero-order chi connectivity index (χ0) is 13.1. The first kappa shape index (κ1) is 11.5. The topological polar surface area (TPSA) is 81.4 Å². The maximum absolute atomic E-state index is 4.25. The zero-order valence-corrected chi connectivity index (χ0v) is 10.5. The molecule has 0 bridgehead atoms. The highest BCUT2D eigenvalue weighted by Crippen LogP contribution is 2.16. The standard InChI is InChI=1S/C12H13N7/c1-2-19-12-10(17-18-19)11(15-8-16-12)14-7-9-5-3-4-6-13-9/h3-6,8H,2,7H2,1H3,(H,14,15,16). The maximum atomic E-state index is 4.25. The van der Waals surface area contributed by atoms with Crippen molar-refractivity contribution in [1.82, 2.24) is 29.9 Å². The van der Waals surface area contributed by atoms with Crippen LogP contribution in [0.1, 0.15) is 12.6 Å². The third-order valence-electron chi connectivity index (χ3n) is 2.76. The molecular formula is C12H13N7. The second-order valence-corrected chi connectivity index (χ2v) is 3.97. The van der Waals surface area contributed by atoms with Gasteiger partial charge in [-0.15, -0.1) is 5.10 Å². The van der Waals surface area contributed by atoms with Gasteiger partial charge in [0.2, 0.25) is 0 Å². The van der Waals surface area contributed by atoms with Gasteiger partial charge in [-0.1, -0.05) is 11.3 Å². The second-order valence-electron chi connectivity index (χ2n) is 3.97. The summed E-state index contributed by atoms with van der Waals surface area (Å²) in [6, 6.07) is 5.79. The van der Waals surface area contributed by atoms with E-state index >= 15 is 0 Å². The molecule has 0 aromatic carbocycles. The van der Waals surface area contributed by atoms with Gasteiger partial charge in [-0.25, -0.2) is 14.6 Å². The van der Waals surface area contributed by atoms with Crippen molar-refractivity contribution in [3.8, 4) is 0 Å². The number of rotatable bonds is 4. The minimum absolute atomic E-state index is 0.589. The van der Waals surface area contributed by atoms with Gasteiger partial charge >= 0.3 is 0 Å². The summed E-state index contributed by atoms with van der Waals surface area (Å²) in [4.78, 5) is 12.7. The van der Waals surface area contributed by atoms with E-state index in [1.165, 1.54) is 6.33 Å². The Balaban J connectivity index is 1.87. The van der Waals surface area contributed by atoms with Crippen LogP contribution in [0.5, 0.6) is 0 Å². The van der Waals surface area contributed by atoms with Crippen molar-refractivity contribution in [3.63, 3.8) is 0 Å². The SMILES string of the molecule is CCn1nnc2c(NCc3ccccn3)ncnc21. The predicted octanol–water partition coefficient (Wildman–Crippen LogP) is 1.25. The molecule has 7 heteroatoms. The molecule has 3 aromatic rings. The van der Waals surface area contributed by atoms with E-state index in [0.717, 1.165) is 17.9 Å². The quantitative estimate of drug-likeness (QED) is 0.755. The van der Waals surface area contributed by atoms with Crippen molar-refractivity contribution >= 4 is 17.0 Å². The van der Waals surface area contributed by atoms with E-state index in [0.29, 0.717) is 17.9 Å². The summed E-state index contributed by atoms with van der Waals surface area (Å²) in [5, 5.41) is 11.4. The van der Waals surface area contributed by atoms with Crippen LogP contribution >= 0.6 is 0 Å². The Morgan fingerprint density at radius 2 is 2.16 bits per heavy atom. The Morgan fingerprint density at radius 1 is 1.21 bits per heavy atom. The highest BCUT2D eigenvalue weighted by molar-refractivity contribution is 5.81. The summed E-state index contributed by atoms with van der Waals surface area (Å²) in [5.41, 5.74) is 2.36. The lowest BCUT2D eigenvalue weighted by molar-refractivity contribution is 0.641. The normalized spacial score (nSPS) is 10.8. The van der Waals surface area contributed by atoms with Gasteiger partial charge in [-0.05, 0) is 19.1 Å². The molecule has 3 rings (SSSR count). The van der Waals surface area contributed by atoms with Crippen molar-refractivity contribution in [2.45, 2.75) is 20.0 Å². The van der Waals surface area contributed by atoms with Crippen LogP contribution in [0, 0.1) is 0 Å². The molecule has 0 aliphatic rings. The summed E-state index contributed by atoms with van der Waals surface area (Å²) < 4.78 is 1.74. The molecular weight excluding hydrogens is 242 g/mol. The summed E-state index contributed by atoms with van der Waals surface area (Å²) >= 11 is 0. The number of nitrogens with zero attached hydrogens (tertiary/aromatic N) is 6. The fourth-order valence-corrected chi connectivity index (χ4v) is 1.81. The first-order valence-electron chi connectivity index (χ1n) is 6.06. The van der Waals surface area contributed by atoms with E-state index in [1.54, 1.807) is 10.9 Å². The van der Waals surface area contributed by atoms with Crippen LogP contribution in [0.15, 0.2) is 30.7 Å². The van der Waals surface area contributed by atoms with Crippen molar-refractivity contribution < 1.29 is 0 Å². The van der Waals surface area contributed by atoms with Crippen LogP contribution < -0.4 is 5.32 Å². The molecule has 1 N–H and O–H groups in total. The lowest BCUT2D eigenvalue weighted by atomic mass is 10.3. The number of fused-ring (bicyclic) bond motifs is 1. The molecule has 7 nitrogen and oxygen atoms in total. The molecule has 0 atom stereocenters. The molecule has 0 radical (unpaired) electrons. The van der Waals surface area contributed by atoms with Gasteiger partial charge in [-0.3, -0.25) is 4.98 Å². The van der Waals surface area contributed by atoms with Gasteiger partial charge in [-0.2, -0.15) is 0 Å². The molecule has 0 amide bonds. The summed E-state index contributed by atoms with van der Waals surface area (Å²) in [6.07, 6.45) is 3.28. The molecule has 19 heavy (non-hydrogen) atoms. The number of hydrogen-bond acceptors (Lipinski definition) is 6. The number of aryl methyl sites for hydroxylation is 1. The minimum atomic E-state index is 0.589. The molecule has 3 heterocycles. The second kappa shape index (κ2) is 4.97. The molecule has 0 saturated carbocycles. The van der Waals surface area contributed by atoms with Gasteiger partial charge in [0.05, 0.1) is 12.2 Å². The minimum Gasteiger partial charge on any atom is -0.362 e. The smallest absolute Gasteiger partial charge is 0.183 e. The van der Waals surface area contributed by atoms with E-state index in [9.17, 15) is 0 Å². The summed E-state index contributed by atoms with van der Waals surface area (Å²) in [5.74, 6) is 0.676. The Hall–Kier alpha value is -2.57. The first-order valence-corrected chi connectivity index (χ1v) is 6.06. The summed E-state index contributed by atoms with van der Waals surface area (Å²) in [6.45, 7) is 3.32. The third kappa shape index (κ3) is 2.22. The van der Waals surface area contributed by atoms with Gasteiger partial charge in [0.25, 0.3) is 0 Å². The van der Waals surface area contributed by atoms with E-state index in [2.05, 4.69) is 30.6 Å².